The number of rotatable bonds is 6. The first-order valence-corrected chi connectivity index (χ1v) is 7.65. The highest BCUT2D eigenvalue weighted by atomic mass is 16.5. The highest BCUT2D eigenvalue weighted by Gasteiger charge is 2.41. The Morgan fingerprint density at radius 1 is 1.29 bits per heavy atom. The van der Waals surface area contributed by atoms with E-state index >= 15 is 0 Å². The Kier molecular flexibility index (Phi) is 4.87. The normalized spacial score (nSPS) is 28.9. The Hall–Kier alpha value is -0.0800. The van der Waals surface area contributed by atoms with Crippen molar-refractivity contribution in [3.63, 3.8) is 0 Å². The Balaban J connectivity index is 1.64. The molecule has 1 aliphatic heterocycles. The zero-order valence-electron chi connectivity index (χ0n) is 11.6. The van der Waals surface area contributed by atoms with Crippen LogP contribution in [0.4, 0.5) is 0 Å². The predicted octanol–water partition coefficient (Wildman–Crippen LogP) is 3.65. The molecule has 2 atom stereocenters. The molecule has 1 saturated carbocycles. The molecule has 1 N–H and O–H groups in total. The van der Waals surface area contributed by atoms with Gasteiger partial charge in [0.15, 0.2) is 0 Å². The molecular formula is C15H29NO. The molecule has 0 aromatic heterocycles. The van der Waals surface area contributed by atoms with E-state index in [0.717, 1.165) is 6.54 Å². The van der Waals surface area contributed by atoms with Crippen LogP contribution >= 0.6 is 0 Å². The molecule has 100 valence electrons. The van der Waals surface area contributed by atoms with Crippen LogP contribution in [-0.2, 0) is 4.74 Å². The van der Waals surface area contributed by atoms with E-state index in [4.69, 9.17) is 4.74 Å². The van der Waals surface area contributed by atoms with E-state index in [0.29, 0.717) is 17.7 Å². The van der Waals surface area contributed by atoms with Crippen molar-refractivity contribution in [2.45, 2.75) is 89.4 Å². The number of unbranched alkanes of at least 4 members (excludes halogenated alkanes) is 1. The number of hydrogen-bond donors (Lipinski definition) is 1. The van der Waals surface area contributed by atoms with E-state index in [1.165, 1.54) is 57.8 Å². The monoisotopic (exact) mass is 239 g/mol. The molecule has 1 heterocycles. The first kappa shape index (κ1) is 13.4. The second kappa shape index (κ2) is 6.19. The van der Waals surface area contributed by atoms with E-state index in [2.05, 4.69) is 19.2 Å². The average molecular weight is 239 g/mol. The molecule has 2 rings (SSSR count). The summed E-state index contributed by atoms with van der Waals surface area (Å²) in [6.45, 7) is 5.62. The van der Waals surface area contributed by atoms with Crippen LogP contribution in [0.15, 0.2) is 0 Å². The third kappa shape index (κ3) is 3.69. The quantitative estimate of drug-likeness (QED) is 0.764. The molecule has 2 unspecified atom stereocenters. The molecule has 2 heteroatoms. The third-order valence-corrected chi connectivity index (χ3v) is 4.54. The summed E-state index contributed by atoms with van der Waals surface area (Å²) in [5.41, 5.74) is 0.305. The third-order valence-electron chi connectivity index (χ3n) is 4.54. The smallest absolute Gasteiger partial charge is 0.0708 e. The van der Waals surface area contributed by atoms with Gasteiger partial charge in [0.2, 0.25) is 0 Å². The van der Waals surface area contributed by atoms with Gasteiger partial charge >= 0.3 is 0 Å². The molecule has 1 aliphatic carbocycles. The molecule has 17 heavy (non-hydrogen) atoms. The second-order valence-electron chi connectivity index (χ2n) is 6.12. The summed E-state index contributed by atoms with van der Waals surface area (Å²) in [5.74, 6) is 0. The van der Waals surface area contributed by atoms with Gasteiger partial charge < -0.3 is 10.1 Å². The topological polar surface area (TPSA) is 21.3 Å². The van der Waals surface area contributed by atoms with Crippen LogP contribution in [0.2, 0.25) is 0 Å². The van der Waals surface area contributed by atoms with Crippen molar-refractivity contribution in [1.29, 1.82) is 0 Å². The van der Waals surface area contributed by atoms with Gasteiger partial charge in [-0.25, -0.2) is 0 Å². The molecule has 0 radical (unpaired) electrons. The van der Waals surface area contributed by atoms with Crippen molar-refractivity contribution >= 4 is 0 Å². The van der Waals surface area contributed by atoms with E-state index < -0.39 is 0 Å². The lowest BCUT2D eigenvalue weighted by Gasteiger charge is -2.24. The number of hydrogen-bond acceptors (Lipinski definition) is 2. The van der Waals surface area contributed by atoms with Gasteiger partial charge in [-0.15, -0.1) is 0 Å². The molecule has 2 aliphatic rings. The molecule has 0 aromatic rings. The van der Waals surface area contributed by atoms with E-state index in [1.807, 2.05) is 0 Å². The SMILES string of the molecule is CCCCC(C)NCC1CCC2(CCCC2)O1. The minimum Gasteiger partial charge on any atom is -0.370 e. The summed E-state index contributed by atoms with van der Waals surface area (Å²) in [5, 5.41) is 3.64. The van der Waals surface area contributed by atoms with Crippen molar-refractivity contribution < 1.29 is 4.74 Å². The van der Waals surface area contributed by atoms with Crippen LogP contribution < -0.4 is 5.32 Å². The Morgan fingerprint density at radius 2 is 2.06 bits per heavy atom. The van der Waals surface area contributed by atoms with Gasteiger partial charge in [0, 0.05) is 12.6 Å². The van der Waals surface area contributed by atoms with Crippen LogP contribution in [0.1, 0.15) is 71.6 Å². The van der Waals surface area contributed by atoms with E-state index in [1.54, 1.807) is 0 Å². The first-order chi connectivity index (χ1) is 8.24. The standard InChI is InChI=1S/C15H29NO/c1-3-4-7-13(2)16-12-14-8-11-15(17-14)9-5-6-10-15/h13-14,16H,3-12H2,1-2H3. The van der Waals surface area contributed by atoms with Crippen LogP contribution in [0.5, 0.6) is 0 Å². The van der Waals surface area contributed by atoms with Gasteiger partial charge in [-0.3, -0.25) is 0 Å². The molecule has 0 aromatic carbocycles. The maximum Gasteiger partial charge on any atom is 0.0708 e. The van der Waals surface area contributed by atoms with Gasteiger partial charge in [-0.05, 0) is 39.0 Å². The van der Waals surface area contributed by atoms with Crippen molar-refractivity contribution in [2.24, 2.45) is 0 Å². The minimum absolute atomic E-state index is 0.305. The van der Waals surface area contributed by atoms with Gasteiger partial charge in [-0.2, -0.15) is 0 Å². The van der Waals surface area contributed by atoms with Gasteiger partial charge in [0.05, 0.1) is 11.7 Å². The molecule has 1 saturated heterocycles. The summed E-state index contributed by atoms with van der Waals surface area (Å²) in [6, 6.07) is 0.652. The maximum atomic E-state index is 6.30. The summed E-state index contributed by atoms with van der Waals surface area (Å²) in [4.78, 5) is 0. The fourth-order valence-electron chi connectivity index (χ4n) is 3.37. The molecule has 0 bridgehead atoms. The number of nitrogens with one attached hydrogen (secondary N) is 1. The zero-order chi connectivity index (χ0) is 12.1. The summed E-state index contributed by atoms with van der Waals surface area (Å²) >= 11 is 0. The second-order valence-corrected chi connectivity index (χ2v) is 6.12. The van der Waals surface area contributed by atoms with Crippen molar-refractivity contribution in [3.8, 4) is 0 Å². The van der Waals surface area contributed by atoms with E-state index in [9.17, 15) is 0 Å². The molecule has 1 spiro atoms. The minimum atomic E-state index is 0.305. The lowest BCUT2D eigenvalue weighted by Crippen LogP contribution is -2.35. The van der Waals surface area contributed by atoms with Gasteiger partial charge in [-0.1, -0.05) is 32.6 Å². The fourth-order valence-corrected chi connectivity index (χ4v) is 3.37. The summed E-state index contributed by atoms with van der Waals surface area (Å²) < 4.78 is 6.30. The van der Waals surface area contributed by atoms with Crippen LogP contribution in [-0.4, -0.2) is 24.3 Å². The molecule has 2 nitrogen and oxygen atoms in total. The Morgan fingerprint density at radius 3 is 2.76 bits per heavy atom. The molecular weight excluding hydrogens is 210 g/mol. The van der Waals surface area contributed by atoms with Crippen LogP contribution in [0.3, 0.4) is 0 Å². The lowest BCUT2D eigenvalue weighted by molar-refractivity contribution is -0.0358. The summed E-state index contributed by atoms with van der Waals surface area (Å²) in [7, 11) is 0. The van der Waals surface area contributed by atoms with E-state index in [-0.39, 0.29) is 0 Å². The Labute approximate surface area is 107 Å². The maximum absolute atomic E-state index is 6.30. The summed E-state index contributed by atoms with van der Waals surface area (Å²) in [6.07, 6.45) is 12.4. The Bertz CT molecular complexity index is 223. The van der Waals surface area contributed by atoms with Gasteiger partial charge in [0.1, 0.15) is 0 Å². The van der Waals surface area contributed by atoms with Crippen molar-refractivity contribution in [1.82, 2.24) is 5.32 Å². The number of ether oxygens (including phenoxy) is 1. The highest BCUT2D eigenvalue weighted by molar-refractivity contribution is 4.93. The highest BCUT2D eigenvalue weighted by Crippen LogP contribution is 2.43. The largest absolute Gasteiger partial charge is 0.370 e. The zero-order valence-corrected chi connectivity index (χ0v) is 11.6. The van der Waals surface area contributed by atoms with Crippen molar-refractivity contribution in [2.75, 3.05) is 6.54 Å². The van der Waals surface area contributed by atoms with Crippen LogP contribution in [0.25, 0.3) is 0 Å². The molecule has 2 fully saturated rings. The van der Waals surface area contributed by atoms with Gasteiger partial charge in [0.25, 0.3) is 0 Å². The predicted molar refractivity (Wildman–Crippen MR) is 72.3 cm³/mol. The average Bonchev–Trinajstić information content (AvgIpc) is 2.95. The lowest BCUT2D eigenvalue weighted by atomic mass is 9.98. The molecule has 0 amide bonds. The van der Waals surface area contributed by atoms with Crippen LogP contribution in [0, 0.1) is 0 Å². The van der Waals surface area contributed by atoms with Crippen molar-refractivity contribution in [3.05, 3.63) is 0 Å². The fraction of sp³-hybridized carbons (Fsp3) is 1.00. The first-order valence-electron chi connectivity index (χ1n) is 7.65.